The lowest BCUT2D eigenvalue weighted by Crippen LogP contribution is -2.42. The number of carboxylic acid groups (broad SMARTS) is 1. The average molecular weight is 329 g/mol. The number of likely N-dealkylation sites (tertiary alicyclic amines) is 1. The highest BCUT2D eigenvalue weighted by Gasteiger charge is 2.36. The largest absolute Gasteiger partial charge is 0.481 e. The number of carbonyl (C=O) groups excluding carboxylic acids is 1. The van der Waals surface area contributed by atoms with Crippen LogP contribution in [0.5, 0.6) is 0 Å². The van der Waals surface area contributed by atoms with E-state index in [-0.39, 0.29) is 17.7 Å². The first-order valence-electron chi connectivity index (χ1n) is 9.13. The molecule has 1 amide bonds. The highest BCUT2D eigenvalue weighted by atomic mass is 16.4. The van der Waals surface area contributed by atoms with Crippen molar-refractivity contribution in [2.75, 3.05) is 6.54 Å². The Morgan fingerprint density at radius 1 is 1.04 bits per heavy atom. The smallest absolute Gasteiger partial charge is 0.306 e. The van der Waals surface area contributed by atoms with Crippen LogP contribution in [0.4, 0.5) is 0 Å². The first-order chi connectivity index (χ1) is 11.5. The van der Waals surface area contributed by atoms with E-state index in [2.05, 4.69) is 36.1 Å². The van der Waals surface area contributed by atoms with E-state index in [9.17, 15) is 9.59 Å². The number of nitrogens with zero attached hydrogens (tertiary/aromatic N) is 1. The summed E-state index contributed by atoms with van der Waals surface area (Å²) in [7, 11) is 0. The molecule has 2 aliphatic rings. The van der Waals surface area contributed by atoms with Crippen LogP contribution in [0, 0.1) is 18.8 Å². The molecule has 2 fully saturated rings. The lowest BCUT2D eigenvalue weighted by Gasteiger charge is -2.32. The summed E-state index contributed by atoms with van der Waals surface area (Å²) in [5, 5.41) is 9.10. The first-order valence-corrected chi connectivity index (χ1v) is 9.13. The van der Waals surface area contributed by atoms with E-state index in [1.807, 2.05) is 0 Å². The summed E-state index contributed by atoms with van der Waals surface area (Å²) in [6.07, 6.45) is 5.81. The van der Waals surface area contributed by atoms with Crippen LogP contribution >= 0.6 is 0 Å². The minimum absolute atomic E-state index is 0.0271. The highest BCUT2D eigenvalue weighted by molar-refractivity contribution is 5.80. The van der Waals surface area contributed by atoms with Crippen LogP contribution in [0.3, 0.4) is 0 Å². The van der Waals surface area contributed by atoms with Crippen molar-refractivity contribution in [3.8, 4) is 0 Å². The molecule has 0 bridgehead atoms. The fraction of sp³-hybridized carbons (Fsp3) is 0.600. The topological polar surface area (TPSA) is 57.6 Å². The Bertz CT molecular complexity index is 587. The molecule has 3 rings (SSSR count). The van der Waals surface area contributed by atoms with Gasteiger partial charge in [-0.15, -0.1) is 0 Å². The van der Waals surface area contributed by atoms with Gasteiger partial charge in [0.05, 0.1) is 5.92 Å². The number of aryl methyl sites for hydroxylation is 1. The Kier molecular flexibility index (Phi) is 5.22. The predicted molar refractivity (Wildman–Crippen MR) is 92.7 cm³/mol. The van der Waals surface area contributed by atoms with Gasteiger partial charge in [0, 0.05) is 18.5 Å². The highest BCUT2D eigenvalue weighted by Crippen LogP contribution is 2.32. The van der Waals surface area contributed by atoms with Crippen LogP contribution in [0.15, 0.2) is 24.3 Å². The van der Waals surface area contributed by atoms with Crippen molar-refractivity contribution in [2.45, 2.75) is 57.9 Å². The van der Waals surface area contributed by atoms with Gasteiger partial charge < -0.3 is 10.0 Å². The van der Waals surface area contributed by atoms with Crippen molar-refractivity contribution < 1.29 is 14.7 Å². The summed E-state index contributed by atoms with van der Waals surface area (Å²) in [4.78, 5) is 26.1. The Balaban J connectivity index is 1.59. The second kappa shape index (κ2) is 7.37. The molecule has 1 aromatic rings. The molecule has 1 N–H and O–H groups in total. The second-order valence-corrected chi connectivity index (χ2v) is 7.40. The summed E-state index contributed by atoms with van der Waals surface area (Å²) < 4.78 is 0. The molecule has 4 heteroatoms. The fourth-order valence-corrected chi connectivity index (χ4v) is 4.16. The molecule has 130 valence electrons. The van der Waals surface area contributed by atoms with Crippen LogP contribution in [0.2, 0.25) is 0 Å². The van der Waals surface area contributed by atoms with Crippen molar-refractivity contribution >= 4 is 11.9 Å². The molecule has 24 heavy (non-hydrogen) atoms. The maximum absolute atomic E-state index is 12.9. The Morgan fingerprint density at radius 3 is 2.29 bits per heavy atom. The molecule has 1 unspecified atom stereocenters. The lowest BCUT2D eigenvalue weighted by atomic mass is 9.81. The van der Waals surface area contributed by atoms with Crippen LogP contribution in [-0.2, 0) is 16.0 Å². The van der Waals surface area contributed by atoms with Gasteiger partial charge in [0.15, 0.2) is 0 Å². The summed E-state index contributed by atoms with van der Waals surface area (Å²) in [6, 6.07) is 8.88. The van der Waals surface area contributed by atoms with E-state index in [0.29, 0.717) is 18.9 Å². The third-order valence-electron chi connectivity index (χ3n) is 5.68. The summed E-state index contributed by atoms with van der Waals surface area (Å²) in [6.45, 7) is 2.94. The number of hydrogen-bond acceptors (Lipinski definition) is 2. The van der Waals surface area contributed by atoms with Gasteiger partial charge >= 0.3 is 5.97 Å². The maximum atomic E-state index is 12.9. The van der Waals surface area contributed by atoms with Crippen molar-refractivity contribution in [3.05, 3.63) is 35.4 Å². The van der Waals surface area contributed by atoms with Crippen molar-refractivity contribution in [1.29, 1.82) is 0 Å². The third kappa shape index (κ3) is 3.80. The molecule has 4 nitrogen and oxygen atoms in total. The van der Waals surface area contributed by atoms with Crippen LogP contribution in [0.25, 0.3) is 0 Å². The molecule has 1 aromatic carbocycles. The molecule has 1 aliphatic carbocycles. The normalized spacial score (nSPS) is 27.2. The molecule has 1 heterocycles. The molecular weight excluding hydrogens is 302 g/mol. The number of hydrogen-bond donors (Lipinski definition) is 1. The Morgan fingerprint density at radius 2 is 1.67 bits per heavy atom. The van der Waals surface area contributed by atoms with Gasteiger partial charge in [-0.2, -0.15) is 0 Å². The maximum Gasteiger partial charge on any atom is 0.306 e. The monoisotopic (exact) mass is 329 g/mol. The Labute approximate surface area is 143 Å². The fourth-order valence-electron chi connectivity index (χ4n) is 4.16. The number of benzene rings is 1. The van der Waals surface area contributed by atoms with Crippen molar-refractivity contribution in [2.24, 2.45) is 11.8 Å². The van der Waals surface area contributed by atoms with E-state index in [4.69, 9.17) is 5.11 Å². The number of amides is 1. The minimum atomic E-state index is -0.709. The van der Waals surface area contributed by atoms with Gasteiger partial charge in [0.2, 0.25) is 5.91 Å². The van der Waals surface area contributed by atoms with E-state index in [0.717, 1.165) is 38.6 Å². The second-order valence-electron chi connectivity index (χ2n) is 7.40. The van der Waals surface area contributed by atoms with Gasteiger partial charge in [0.1, 0.15) is 0 Å². The molecule has 0 spiro atoms. The first kappa shape index (κ1) is 17.0. The van der Waals surface area contributed by atoms with Crippen LogP contribution < -0.4 is 0 Å². The molecule has 1 saturated carbocycles. The third-order valence-corrected chi connectivity index (χ3v) is 5.68. The van der Waals surface area contributed by atoms with Gasteiger partial charge in [-0.1, -0.05) is 29.8 Å². The summed E-state index contributed by atoms with van der Waals surface area (Å²) in [5.41, 5.74) is 2.55. The average Bonchev–Trinajstić information content (AvgIpc) is 3.04. The standard InChI is InChI=1S/C20H27NO3/c1-14-4-6-15(7-5-14)13-18-3-2-12-21(18)19(22)16-8-10-17(11-9-16)20(23)24/h4-7,16-18H,2-3,8-13H2,1H3,(H,23,24). The molecule has 1 aliphatic heterocycles. The SMILES string of the molecule is Cc1ccc(CC2CCCN2C(=O)C2CCC(C(=O)O)CC2)cc1. The Hall–Kier alpha value is -1.84. The van der Waals surface area contributed by atoms with Crippen LogP contribution in [-0.4, -0.2) is 34.5 Å². The molecule has 1 atom stereocenters. The van der Waals surface area contributed by atoms with Crippen molar-refractivity contribution in [1.82, 2.24) is 4.90 Å². The van der Waals surface area contributed by atoms with Gasteiger partial charge in [-0.3, -0.25) is 9.59 Å². The number of aliphatic carboxylic acids is 1. The number of carbonyl (C=O) groups is 2. The zero-order chi connectivity index (χ0) is 17.1. The van der Waals surface area contributed by atoms with Gasteiger partial charge in [-0.05, 0) is 57.4 Å². The lowest BCUT2D eigenvalue weighted by molar-refractivity contribution is -0.146. The molecule has 0 radical (unpaired) electrons. The molecule has 0 aromatic heterocycles. The minimum Gasteiger partial charge on any atom is -0.481 e. The zero-order valence-electron chi connectivity index (χ0n) is 14.4. The van der Waals surface area contributed by atoms with Crippen LogP contribution in [0.1, 0.15) is 49.7 Å². The van der Waals surface area contributed by atoms with E-state index < -0.39 is 5.97 Å². The summed E-state index contributed by atoms with van der Waals surface area (Å²) >= 11 is 0. The van der Waals surface area contributed by atoms with Crippen molar-refractivity contribution in [3.63, 3.8) is 0 Å². The summed E-state index contributed by atoms with van der Waals surface area (Å²) in [5.74, 6) is -0.678. The zero-order valence-corrected chi connectivity index (χ0v) is 14.4. The van der Waals surface area contributed by atoms with Gasteiger partial charge in [-0.25, -0.2) is 0 Å². The number of rotatable bonds is 4. The van der Waals surface area contributed by atoms with E-state index >= 15 is 0 Å². The molecular formula is C20H27NO3. The molecule has 1 saturated heterocycles. The quantitative estimate of drug-likeness (QED) is 0.921. The van der Waals surface area contributed by atoms with Gasteiger partial charge in [0.25, 0.3) is 0 Å². The van der Waals surface area contributed by atoms with E-state index in [1.165, 1.54) is 11.1 Å². The predicted octanol–water partition coefficient (Wildman–Crippen LogP) is 3.42. The van der Waals surface area contributed by atoms with E-state index in [1.54, 1.807) is 0 Å². The number of carboxylic acids is 1.